The molecular weight excluding hydrogens is 625 g/mol. The lowest BCUT2D eigenvalue weighted by Gasteiger charge is -2.16. The van der Waals surface area contributed by atoms with E-state index in [0.717, 1.165) is 91.8 Å². The lowest BCUT2D eigenvalue weighted by molar-refractivity contribution is 0.878. The maximum Gasteiger partial charge on any atom is 0.145 e. The Labute approximate surface area is 295 Å². The van der Waals surface area contributed by atoms with Crippen LogP contribution in [0, 0.1) is 0 Å². The number of fused-ring (bicyclic) bond motifs is 3. The number of benzene rings is 6. The Balaban J connectivity index is 1.30. The van der Waals surface area contributed by atoms with Gasteiger partial charge in [-0.2, -0.15) is 0 Å². The van der Waals surface area contributed by atoms with Crippen LogP contribution in [0.25, 0.3) is 79.4 Å². The zero-order valence-corrected chi connectivity index (χ0v) is 27.8. The molecule has 0 fully saturated rings. The molecule has 10 rings (SSSR count). The molecular formula is C45H32N6. The van der Waals surface area contributed by atoms with Gasteiger partial charge in [0, 0.05) is 33.8 Å². The second kappa shape index (κ2) is 12.0. The fourth-order valence-electron chi connectivity index (χ4n) is 7.44. The fraction of sp³-hybridized carbons (Fsp3) is 0.0444. The first-order valence-electron chi connectivity index (χ1n) is 17.4. The summed E-state index contributed by atoms with van der Waals surface area (Å²) in [5, 5.41) is 0. The number of rotatable bonds is 6. The van der Waals surface area contributed by atoms with Gasteiger partial charge in [-0.05, 0) is 97.8 Å². The normalized spacial score (nSPS) is 12.5. The van der Waals surface area contributed by atoms with Crippen LogP contribution in [0.5, 0.6) is 0 Å². The Hall–Kier alpha value is -6.79. The minimum absolute atomic E-state index is 0.857. The third kappa shape index (κ3) is 4.91. The van der Waals surface area contributed by atoms with Crippen molar-refractivity contribution in [3.63, 3.8) is 0 Å². The van der Waals surface area contributed by atoms with Crippen LogP contribution in [0.1, 0.15) is 17.8 Å². The molecule has 0 spiro atoms. The Bertz CT molecular complexity index is 2600. The number of allylic oxidation sites excluding steroid dienone is 1. The predicted molar refractivity (Wildman–Crippen MR) is 206 cm³/mol. The van der Waals surface area contributed by atoms with Crippen LogP contribution < -0.4 is 0 Å². The summed E-state index contributed by atoms with van der Waals surface area (Å²) >= 11 is 0. The van der Waals surface area contributed by atoms with Gasteiger partial charge in [0.05, 0.1) is 33.5 Å². The van der Waals surface area contributed by atoms with Crippen molar-refractivity contribution in [1.82, 2.24) is 28.7 Å². The molecule has 0 amide bonds. The van der Waals surface area contributed by atoms with Crippen molar-refractivity contribution in [1.29, 1.82) is 0 Å². The highest BCUT2D eigenvalue weighted by molar-refractivity contribution is 5.88. The summed E-state index contributed by atoms with van der Waals surface area (Å²) in [5.41, 5.74) is 12.4. The highest BCUT2D eigenvalue weighted by Gasteiger charge is 2.24. The standard InChI is InChI=1S/C45H32N6/c1-4-16-34(17-5-1)49-40-25-13-10-22-37(40)46-43(49)31-28-32(44-47-38-23-11-14-26-41(38)50(44)35-18-6-2-7-19-35)30-33(29-31)45-48-39-24-12-15-27-42(39)51(45)36-20-8-3-9-21-36/h1-14,16-26,28-30H,15,27H2. The zero-order valence-electron chi connectivity index (χ0n) is 27.8. The van der Waals surface area contributed by atoms with Gasteiger partial charge in [0.15, 0.2) is 0 Å². The third-order valence-electron chi connectivity index (χ3n) is 9.70. The highest BCUT2D eigenvalue weighted by atomic mass is 15.1. The lowest BCUT2D eigenvalue weighted by atomic mass is 10.0. The van der Waals surface area contributed by atoms with Gasteiger partial charge in [0.1, 0.15) is 17.5 Å². The largest absolute Gasteiger partial charge is 0.296 e. The highest BCUT2D eigenvalue weighted by Crippen LogP contribution is 2.39. The van der Waals surface area contributed by atoms with Crippen molar-refractivity contribution >= 4 is 28.1 Å². The van der Waals surface area contributed by atoms with Crippen LogP contribution in [0.4, 0.5) is 0 Å². The van der Waals surface area contributed by atoms with Gasteiger partial charge < -0.3 is 0 Å². The first-order chi connectivity index (χ1) is 25.3. The molecule has 0 atom stereocenters. The van der Waals surface area contributed by atoms with Gasteiger partial charge >= 0.3 is 0 Å². The molecule has 0 aliphatic heterocycles. The molecule has 3 aromatic heterocycles. The van der Waals surface area contributed by atoms with E-state index in [2.05, 4.69) is 171 Å². The fourth-order valence-corrected chi connectivity index (χ4v) is 7.44. The van der Waals surface area contributed by atoms with Gasteiger partial charge in [-0.25, -0.2) is 15.0 Å². The first kappa shape index (κ1) is 29.2. The van der Waals surface area contributed by atoms with E-state index in [9.17, 15) is 0 Å². The molecule has 6 nitrogen and oxygen atoms in total. The number of aromatic nitrogens is 6. The van der Waals surface area contributed by atoms with Crippen LogP contribution in [-0.2, 0) is 6.42 Å². The first-order valence-corrected chi connectivity index (χ1v) is 17.4. The van der Waals surface area contributed by atoms with E-state index in [-0.39, 0.29) is 0 Å². The molecule has 0 saturated heterocycles. The number of hydrogen-bond acceptors (Lipinski definition) is 3. The van der Waals surface area contributed by atoms with E-state index >= 15 is 0 Å². The molecule has 0 radical (unpaired) electrons. The van der Waals surface area contributed by atoms with Crippen LogP contribution in [0.3, 0.4) is 0 Å². The average Bonchev–Trinajstić information content (AvgIpc) is 3.91. The summed E-state index contributed by atoms with van der Waals surface area (Å²) in [5.74, 6) is 2.61. The number of hydrogen-bond donors (Lipinski definition) is 0. The quantitative estimate of drug-likeness (QED) is 0.179. The SMILES string of the molecule is C1=Cc2nc(-c3cc(-c4nc5ccccc5n4-c4ccccc4)cc(-c4nc5ccccc5n4-c4ccccc4)c3)n(-c3ccccc3)c2CC1. The van der Waals surface area contributed by atoms with Gasteiger partial charge in [-0.1, -0.05) is 84.9 Å². The van der Waals surface area contributed by atoms with Gasteiger partial charge in [0.2, 0.25) is 0 Å². The summed E-state index contributed by atoms with van der Waals surface area (Å²) in [6, 6.07) is 55.0. The average molecular weight is 657 g/mol. The molecule has 1 aliphatic rings. The third-order valence-corrected chi connectivity index (χ3v) is 9.70. The summed E-state index contributed by atoms with van der Waals surface area (Å²) < 4.78 is 6.85. The van der Waals surface area contributed by atoms with Crippen molar-refractivity contribution in [3.8, 4) is 51.2 Å². The van der Waals surface area contributed by atoms with E-state index in [4.69, 9.17) is 15.0 Å². The van der Waals surface area contributed by atoms with Gasteiger partial charge in [-0.15, -0.1) is 0 Å². The summed E-state index contributed by atoms with van der Waals surface area (Å²) in [4.78, 5) is 15.9. The Morgan fingerprint density at radius 2 is 0.824 bits per heavy atom. The molecule has 9 aromatic rings. The monoisotopic (exact) mass is 656 g/mol. The van der Waals surface area contributed by atoms with Crippen LogP contribution >= 0.6 is 0 Å². The van der Waals surface area contributed by atoms with Crippen molar-refractivity contribution in [3.05, 3.63) is 175 Å². The van der Waals surface area contributed by atoms with Gasteiger partial charge in [0.25, 0.3) is 0 Å². The van der Waals surface area contributed by atoms with Gasteiger partial charge in [-0.3, -0.25) is 13.7 Å². The summed E-state index contributed by atoms with van der Waals surface area (Å²) in [6.07, 6.45) is 6.29. The van der Waals surface area contributed by atoms with Crippen LogP contribution in [-0.4, -0.2) is 28.7 Å². The minimum Gasteiger partial charge on any atom is -0.296 e. The molecule has 6 aromatic carbocycles. The molecule has 1 aliphatic carbocycles. The lowest BCUT2D eigenvalue weighted by Crippen LogP contribution is -2.05. The minimum atomic E-state index is 0.857. The Kier molecular flexibility index (Phi) is 6.84. The topological polar surface area (TPSA) is 53.5 Å². The molecule has 0 N–H and O–H groups in total. The van der Waals surface area contributed by atoms with E-state index in [1.807, 2.05) is 12.1 Å². The van der Waals surface area contributed by atoms with Crippen molar-refractivity contribution < 1.29 is 0 Å². The number of imidazole rings is 3. The molecule has 0 unspecified atom stereocenters. The maximum atomic E-state index is 5.34. The van der Waals surface area contributed by atoms with Crippen molar-refractivity contribution in [2.24, 2.45) is 0 Å². The van der Waals surface area contributed by atoms with E-state index < -0.39 is 0 Å². The Morgan fingerprint density at radius 1 is 0.412 bits per heavy atom. The molecule has 242 valence electrons. The summed E-state index contributed by atoms with van der Waals surface area (Å²) in [6.45, 7) is 0. The maximum absolute atomic E-state index is 5.34. The van der Waals surface area contributed by atoms with Crippen molar-refractivity contribution in [2.75, 3.05) is 0 Å². The molecule has 0 bridgehead atoms. The van der Waals surface area contributed by atoms with Crippen molar-refractivity contribution in [2.45, 2.75) is 12.8 Å². The Morgan fingerprint density at radius 3 is 1.31 bits per heavy atom. The van der Waals surface area contributed by atoms with E-state index in [1.54, 1.807) is 0 Å². The second-order valence-electron chi connectivity index (χ2n) is 12.9. The van der Waals surface area contributed by atoms with Crippen LogP contribution in [0.2, 0.25) is 0 Å². The number of para-hydroxylation sites is 7. The zero-order chi connectivity index (χ0) is 33.7. The van der Waals surface area contributed by atoms with E-state index in [0.29, 0.717) is 0 Å². The smallest absolute Gasteiger partial charge is 0.145 e. The van der Waals surface area contributed by atoms with E-state index in [1.165, 1.54) is 5.69 Å². The second-order valence-corrected chi connectivity index (χ2v) is 12.9. The predicted octanol–water partition coefficient (Wildman–Crippen LogP) is 10.5. The molecule has 51 heavy (non-hydrogen) atoms. The molecule has 3 heterocycles. The van der Waals surface area contributed by atoms with Crippen LogP contribution in [0.15, 0.2) is 164 Å². The molecule has 0 saturated carbocycles. The molecule has 6 heteroatoms. The number of nitrogens with zero attached hydrogens (tertiary/aromatic N) is 6. The summed E-state index contributed by atoms with van der Waals surface area (Å²) in [7, 11) is 0.